The summed E-state index contributed by atoms with van der Waals surface area (Å²) >= 11 is 2.07. The van der Waals surface area contributed by atoms with Gasteiger partial charge in [0.15, 0.2) is 0 Å². The molecule has 0 spiro atoms. The second-order valence-electron chi connectivity index (χ2n) is 5.16. The minimum atomic E-state index is 0.365. The SMILES string of the molecule is Cc1ccccc1C(CN)N1CCSC(C)C1C. The average Bonchev–Trinajstić information content (AvgIpc) is 2.37. The molecule has 0 radical (unpaired) electrons. The molecule has 0 aromatic heterocycles. The van der Waals surface area contributed by atoms with Gasteiger partial charge < -0.3 is 5.73 Å². The number of nitrogens with two attached hydrogens (primary N) is 1. The van der Waals surface area contributed by atoms with Crippen molar-refractivity contribution < 1.29 is 0 Å². The maximum absolute atomic E-state index is 6.06. The number of rotatable bonds is 3. The zero-order valence-electron chi connectivity index (χ0n) is 11.6. The van der Waals surface area contributed by atoms with E-state index < -0.39 is 0 Å². The van der Waals surface area contributed by atoms with Gasteiger partial charge >= 0.3 is 0 Å². The molecule has 2 nitrogen and oxygen atoms in total. The van der Waals surface area contributed by atoms with Gasteiger partial charge in [-0.3, -0.25) is 4.90 Å². The fraction of sp³-hybridized carbons (Fsp3) is 0.600. The lowest BCUT2D eigenvalue weighted by Crippen LogP contribution is -2.48. The van der Waals surface area contributed by atoms with E-state index in [-0.39, 0.29) is 0 Å². The summed E-state index contributed by atoms with van der Waals surface area (Å²) in [6, 6.07) is 9.60. The first-order valence-corrected chi connectivity index (χ1v) is 7.83. The molecule has 1 aliphatic rings. The Labute approximate surface area is 115 Å². The Hall–Kier alpha value is -0.510. The van der Waals surface area contributed by atoms with Crippen LogP contribution in [0.3, 0.4) is 0 Å². The van der Waals surface area contributed by atoms with Crippen LogP contribution in [0.5, 0.6) is 0 Å². The van der Waals surface area contributed by atoms with Crippen molar-refractivity contribution in [2.75, 3.05) is 18.8 Å². The Bertz CT molecular complexity index is 394. The zero-order chi connectivity index (χ0) is 13.1. The molecule has 1 aliphatic heterocycles. The molecule has 1 aromatic rings. The highest BCUT2D eigenvalue weighted by atomic mass is 32.2. The zero-order valence-corrected chi connectivity index (χ0v) is 12.4. The van der Waals surface area contributed by atoms with Crippen molar-refractivity contribution in [3.05, 3.63) is 35.4 Å². The molecule has 3 unspecified atom stereocenters. The molecule has 18 heavy (non-hydrogen) atoms. The highest BCUT2D eigenvalue weighted by molar-refractivity contribution is 8.00. The normalized spacial score (nSPS) is 27.1. The summed E-state index contributed by atoms with van der Waals surface area (Å²) in [5, 5.41) is 0.691. The third-order valence-electron chi connectivity index (χ3n) is 4.10. The van der Waals surface area contributed by atoms with Crippen LogP contribution in [0.1, 0.15) is 31.0 Å². The lowest BCUT2D eigenvalue weighted by molar-refractivity contribution is 0.150. The number of nitrogens with zero attached hydrogens (tertiary/aromatic N) is 1. The molecule has 2 rings (SSSR count). The molecule has 0 aliphatic carbocycles. The third-order valence-corrected chi connectivity index (χ3v) is 5.44. The third kappa shape index (κ3) is 2.73. The second-order valence-corrected chi connectivity index (χ2v) is 6.65. The van der Waals surface area contributed by atoms with Gasteiger partial charge in [-0.1, -0.05) is 31.2 Å². The molecule has 0 amide bonds. The molecule has 1 heterocycles. The molecule has 2 N–H and O–H groups in total. The summed E-state index contributed by atoms with van der Waals surface area (Å²) < 4.78 is 0. The molecular formula is C15H24N2S. The molecule has 0 saturated carbocycles. The fourth-order valence-electron chi connectivity index (χ4n) is 2.80. The maximum Gasteiger partial charge on any atom is 0.0476 e. The summed E-state index contributed by atoms with van der Waals surface area (Å²) in [7, 11) is 0. The Kier molecular flexibility index (Phi) is 4.71. The van der Waals surface area contributed by atoms with Crippen molar-refractivity contribution in [2.45, 2.75) is 38.1 Å². The van der Waals surface area contributed by atoms with Crippen molar-refractivity contribution in [1.29, 1.82) is 0 Å². The fourth-order valence-corrected chi connectivity index (χ4v) is 3.92. The van der Waals surface area contributed by atoms with Crippen LogP contribution in [-0.4, -0.2) is 35.0 Å². The average molecular weight is 264 g/mol. The van der Waals surface area contributed by atoms with Crippen LogP contribution in [0.2, 0.25) is 0 Å². The van der Waals surface area contributed by atoms with Gasteiger partial charge in [0.1, 0.15) is 0 Å². The van der Waals surface area contributed by atoms with E-state index in [1.807, 2.05) is 0 Å². The molecule has 100 valence electrons. The predicted molar refractivity (Wildman–Crippen MR) is 81.1 cm³/mol. The molecule has 3 heteroatoms. The van der Waals surface area contributed by atoms with E-state index in [2.05, 4.69) is 61.7 Å². The Morgan fingerprint density at radius 2 is 2.11 bits per heavy atom. The molecular weight excluding hydrogens is 240 g/mol. The Balaban J connectivity index is 2.25. The van der Waals surface area contributed by atoms with E-state index in [9.17, 15) is 0 Å². The van der Waals surface area contributed by atoms with E-state index in [0.717, 1.165) is 6.54 Å². The van der Waals surface area contributed by atoms with Crippen molar-refractivity contribution in [3.63, 3.8) is 0 Å². The summed E-state index contributed by atoms with van der Waals surface area (Å²) in [5.74, 6) is 1.22. The van der Waals surface area contributed by atoms with Gasteiger partial charge in [0.2, 0.25) is 0 Å². The van der Waals surface area contributed by atoms with Crippen molar-refractivity contribution in [3.8, 4) is 0 Å². The predicted octanol–water partition coefficient (Wildman–Crippen LogP) is 2.82. The van der Waals surface area contributed by atoms with Gasteiger partial charge in [-0.05, 0) is 25.0 Å². The second kappa shape index (κ2) is 6.09. The van der Waals surface area contributed by atoms with Gasteiger partial charge in [0.05, 0.1) is 0 Å². The first kappa shape index (κ1) is 13.9. The molecule has 1 aromatic carbocycles. The Morgan fingerprint density at radius 3 is 2.78 bits per heavy atom. The highest BCUT2D eigenvalue weighted by Gasteiger charge is 2.31. The maximum atomic E-state index is 6.06. The smallest absolute Gasteiger partial charge is 0.0476 e. The van der Waals surface area contributed by atoms with Crippen LogP contribution in [0.15, 0.2) is 24.3 Å². The minimum absolute atomic E-state index is 0.365. The van der Waals surface area contributed by atoms with E-state index in [4.69, 9.17) is 5.73 Å². The van der Waals surface area contributed by atoms with Gasteiger partial charge in [-0.15, -0.1) is 0 Å². The number of hydrogen-bond donors (Lipinski definition) is 1. The lowest BCUT2D eigenvalue weighted by Gasteiger charge is -2.42. The van der Waals surface area contributed by atoms with Crippen LogP contribution in [0.4, 0.5) is 0 Å². The Morgan fingerprint density at radius 1 is 1.39 bits per heavy atom. The van der Waals surface area contributed by atoms with Crippen LogP contribution >= 0.6 is 11.8 Å². The van der Waals surface area contributed by atoms with E-state index in [0.29, 0.717) is 23.9 Å². The summed E-state index contributed by atoms with van der Waals surface area (Å²) in [6.07, 6.45) is 0. The minimum Gasteiger partial charge on any atom is -0.329 e. The van der Waals surface area contributed by atoms with E-state index in [1.54, 1.807) is 0 Å². The van der Waals surface area contributed by atoms with Crippen LogP contribution < -0.4 is 5.73 Å². The molecule has 1 saturated heterocycles. The lowest BCUT2D eigenvalue weighted by atomic mass is 9.98. The number of hydrogen-bond acceptors (Lipinski definition) is 3. The topological polar surface area (TPSA) is 29.3 Å². The van der Waals surface area contributed by atoms with Crippen molar-refractivity contribution >= 4 is 11.8 Å². The van der Waals surface area contributed by atoms with E-state index in [1.165, 1.54) is 16.9 Å². The quantitative estimate of drug-likeness (QED) is 0.910. The summed E-state index contributed by atoms with van der Waals surface area (Å²) in [5.41, 5.74) is 8.81. The number of benzene rings is 1. The van der Waals surface area contributed by atoms with Gasteiger partial charge in [-0.2, -0.15) is 11.8 Å². The van der Waals surface area contributed by atoms with Crippen molar-refractivity contribution in [2.24, 2.45) is 5.73 Å². The van der Waals surface area contributed by atoms with Gasteiger partial charge in [-0.25, -0.2) is 0 Å². The first-order chi connectivity index (χ1) is 8.65. The van der Waals surface area contributed by atoms with Gasteiger partial charge in [0.25, 0.3) is 0 Å². The molecule has 3 atom stereocenters. The monoisotopic (exact) mass is 264 g/mol. The largest absolute Gasteiger partial charge is 0.329 e. The van der Waals surface area contributed by atoms with Gasteiger partial charge in [0, 0.05) is 36.2 Å². The van der Waals surface area contributed by atoms with Crippen LogP contribution in [0.25, 0.3) is 0 Å². The van der Waals surface area contributed by atoms with E-state index >= 15 is 0 Å². The number of aryl methyl sites for hydroxylation is 1. The molecule has 0 bridgehead atoms. The first-order valence-electron chi connectivity index (χ1n) is 6.78. The summed E-state index contributed by atoms with van der Waals surface area (Å²) in [6.45, 7) is 8.69. The highest BCUT2D eigenvalue weighted by Crippen LogP contribution is 2.32. The summed E-state index contributed by atoms with van der Waals surface area (Å²) in [4.78, 5) is 2.59. The number of thioether (sulfide) groups is 1. The van der Waals surface area contributed by atoms with Crippen molar-refractivity contribution in [1.82, 2.24) is 4.90 Å². The standard InChI is InChI=1S/C15H24N2S/c1-11-6-4-5-7-14(11)15(10-16)17-8-9-18-13(3)12(17)2/h4-7,12-13,15H,8-10,16H2,1-3H3. The molecule has 1 fully saturated rings. The van der Waals surface area contributed by atoms with Crippen LogP contribution in [0, 0.1) is 6.92 Å². The van der Waals surface area contributed by atoms with Crippen LogP contribution in [-0.2, 0) is 0 Å².